The Morgan fingerprint density at radius 1 is 1.12 bits per heavy atom. The van der Waals surface area contributed by atoms with Crippen LogP contribution in [-0.4, -0.2) is 44.7 Å². The molecule has 4 aliphatic rings. The lowest BCUT2D eigenvalue weighted by Crippen LogP contribution is -2.61. The highest BCUT2D eigenvalue weighted by molar-refractivity contribution is 9.10. The second-order valence-electron chi connectivity index (χ2n) is 11.9. The summed E-state index contributed by atoms with van der Waals surface area (Å²) >= 11 is 3.66. The number of aromatic nitrogens is 2. The highest BCUT2D eigenvalue weighted by atomic mass is 79.9. The second-order valence-corrected chi connectivity index (χ2v) is 12.7. The fourth-order valence-corrected chi connectivity index (χ4v) is 8.53. The van der Waals surface area contributed by atoms with Gasteiger partial charge >= 0.3 is 0 Å². The number of nitrogens with zero attached hydrogens (tertiary/aromatic N) is 4. The van der Waals surface area contributed by atoms with Gasteiger partial charge in [0, 0.05) is 83.1 Å². The first kappa shape index (κ1) is 25.1. The quantitative estimate of drug-likeness (QED) is 0.321. The molecule has 9 nitrogen and oxygen atoms in total. The summed E-state index contributed by atoms with van der Waals surface area (Å²) in [4.78, 5) is 35.3. The number of rotatable bonds is 2. The molecule has 210 valence electrons. The summed E-state index contributed by atoms with van der Waals surface area (Å²) in [7, 11) is 0. The van der Waals surface area contributed by atoms with Crippen molar-refractivity contribution in [1.29, 1.82) is 0 Å². The van der Waals surface area contributed by atoms with E-state index in [0.717, 1.165) is 45.2 Å². The van der Waals surface area contributed by atoms with Crippen LogP contribution < -0.4 is 15.7 Å². The minimum Gasteiger partial charge on any atom is -0.733 e. The van der Waals surface area contributed by atoms with Crippen LogP contribution in [0.3, 0.4) is 0 Å². The predicted molar refractivity (Wildman–Crippen MR) is 159 cm³/mol. The van der Waals surface area contributed by atoms with Crippen LogP contribution in [0, 0.1) is 17.0 Å². The van der Waals surface area contributed by atoms with Gasteiger partial charge in [-0.1, -0.05) is 18.2 Å². The van der Waals surface area contributed by atoms with Crippen molar-refractivity contribution < 1.29 is 10.0 Å². The molecule has 6 heterocycles. The fraction of sp³-hybridized carbons (Fsp3) is 0.355. The lowest BCUT2D eigenvalue weighted by atomic mass is 9.69. The summed E-state index contributed by atoms with van der Waals surface area (Å²) in [5, 5.41) is 22.4. The van der Waals surface area contributed by atoms with E-state index < -0.39 is 0 Å². The van der Waals surface area contributed by atoms with E-state index in [9.17, 15) is 20.0 Å². The summed E-state index contributed by atoms with van der Waals surface area (Å²) in [5.41, 5.74) is 6.54. The normalized spacial score (nSPS) is 24.4. The maximum atomic E-state index is 14.5. The number of amides is 1. The van der Waals surface area contributed by atoms with Crippen molar-refractivity contribution in [2.75, 3.05) is 23.2 Å². The van der Waals surface area contributed by atoms with Gasteiger partial charge in [-0.25, -0.2) is 0 Å². The van der Waals surface area contributed by atoms with Gasteiger partial charge in [-0.15, -0.1) is 0 Å². The first-order valence-electron chi connectivity index (χ1n) is 14.2. The van der Waals surface area contributed by atoms with Crippen molar-refractivity contribution >= 4 is 44.1 Å². The molecule has 4 unspecified atom stereocenters. The molecule has 4 aromatic rings. The number of nitrogens with one attached hydrogen (secondary N) is 1. The van der Waals surface area contributed by atoms with Gasteiger partial charge in [0.15, 0.2) is 0 Å². The number of hydrogen-bond donors (Lipinski definition) is 2. The van der Waals surface area contributed by atoms with E-state index in [2.05, 4.69) is 31.9 Å². The molecule has 2 aromatic heterocycles. The fourth-order valence-electron chi connectivity index (χ4n) is 8.07. The van der Waals surface area contributed by atoms with Crippen molar-refractivity contribution in [3.63, 3.8) is 0 Å². The van der Waals surface area contributed by atoms with E-state index in [1.165, 1.54) is 11.3 Å². The number of H-pyrrole nitrogens is 1. The van der Waals surface area contributed by atoms with Gasteiger partial charge in [0.2, 0.25) is 5.91 Å². The molecule has 0 radical (unpaired) electrons. The maximum absolute atomic E-state index is 14.5. The summed E-state index contributed by atoms with van der Waals surface area (Å²) in [5.74, 6) is 0.0957. The summed E-state index contributed by atoms with van der Waals surface area (Å²) in [6.07, 6.45) is 2.18. The molecule has 0 spiro atoms. The Balaban J connectivity index is 1.19. The van der Waals surface area contributed by atoms with Gasteiger partial charge in [0.25, 0.3) is 5.56 Å². The minimum atomic E-state index is -0.332. The summed E-state index contributed by atoms with van der Waals surface area (Å²) in [6.45, 7) is 2.46. The third-order valence-corrected chi connectivity index (χ3v) is 10.5. The Labute approximate surface area is 244 Å². The van der Waals surface area contributed by atoms with Crippen LogP contribution >= 0.6 is 15.9 Å². The molecule has 0 aliphatic carbocycles. The number of carbonyl (C=O) groups is 1. The molecular weight excluding hydrogens is 586 g/mol. The number of halogens is 1. The Morgan fingerprint density at radius 2 is 1.98 bits per heavy atom. The lowest BCUT2D eigenvalue weighted by Gasteiger charge is -2.55. The summed E-state index contributed by atoms with van der Waals surface area (Å²) in [6, 6.07) is 16.8. The average molecular weight is 616 g/mol. The largest absolute Gasteiger partial charge is 0.733 e. The van der Waals surface area contributed by atoms with Crippen molar-refractivity contribution in [3.8, 4) is 0 Å². The molecule has 1 saturated heterocycles. The van der Waals surface area contributed by atoms with Crippen molar-refractivity contribution in [3.05, 3.63) is 97.1 Å². The molecular formula is C31H29BrN5O4-. The molecule has 2 N–H and O–H groups in total. The van der Waals surface area contributed by atoms with Crippen molar-refractivity contribution in [2.24, 2.45) is 11.8 Å². The maximum Gasteiger partial charge on any atom is 0.250 e. The van der Waals surface area contributed by atoms with Gasteiger partial charge in [-0.2, -0.15) is 0 Å². The van der Waals surface area contributed by atoms with Crippen LogP contribution in [0.15, 0.2) is 63.9 Å². The number of fused-ring (bicyclic) bond motifs is 11. The monoisotopic (exact) mass is 614 g/mol. The molecule has 2 aromatic carbocycles. The van der Waals surface area contributed by atoms with Gasteiger partial charge < -0.3 is 29.8 Å². The van der Waals surface area contributed by atoms with Crippen LogP contribution in [0.2, 0.25) is 0 Å². The third kappa shape index (κ3) is 3.80. The molecule has 4 aliphatic heterocycles. The molecule has 1 amide bonds. The zero-order valence-corrected chi connectivity index (χ0v) is 23.9. The third-order valence-electron chi connectivity index (χ3n) is 9.80. The molecule has 4 atom stereocenters. The Morgan fingerprint density at radius 3 is 2.83 bits per heavy atom. The smallest absolute Gasteiger partial charge is 0.250 e. The predicted octanol–water partition coefficient (Wildman–Crippen LogP) is 4.54. The summed E-state index contributed by atoms with van der Waals surface area (Å²) < 4.78 is 2.92. The van der Waals surface area contributed by atoms with Crippen LogP contribution in [-0.2, 0) is 30.7 Å². The molecule has 8 rings (SSSR count). The van der Waals surface area contributed by atoms with E-state index >= 15 is 0 Å². The molecule has 1 fully saturated rings. The number of anilines is 2. The number of carbonyl (C=O) groups excluding carboxylic acids is 1. The van der Waals surface area contributed by atoms with Crippen LogP contribution in [0.4, 0.5) is 11.4 Å². The van der Waals surface area contributed by atoms with Gasteiger partial charge in [-0.3, -0.25) is 14.8 Å². The second kappa shape index (κ2) is 9.20. The number of piperidine rings is 1. The number of aromatic amines is 1. The van der Waals surface area contributed by atoms with Crippen LogP contribution in [0.1, 0.15) is 34.9 Å². The Bertz CT molecular complexity index is 1780. The first-order chi connectivity index (χ1) is 19.9. The van der Waals surface area contributed by atoms with Crippen molar-refractivity contribution in [2.45, 2.75) is 44.3 Å². The Kier molecular flexibility index (Phi) is 5.64. The van der Waals surface area contributed by atoms with Gasteiger partial charge in [-0.05, 0) is 70.6 Å². The first-order valence-corrected chi connectivity index (χ1v) is 15.0. The highest BCUT2D eigenvalue weighted by Crippen LogP contribution is 2.48. The van der Waals surface area contributed by atoms with Crippen LogP contribution in [0.25, 0.3) is 10.9 Å². The SMILES string of the molecule is O=C(C1Cc2cc(N([O-])O)ccc2N2CC3CC(Cn4c3cccc4=O)C12)N1CCc2[nH]c3c(Br)cccc3c2C1. The van der Waals surface area contributed by atoms with Gasteiger partial charge in [0.1, 0.15) is 0 Å². The van der Waals surface area contributed by atoms with Gasteiger partial charge in [0.05, 0.1) is 17.1 Å². The number of benzene rings is 2. The molecule has 2 bridgehead atoms. The minimum absolute atomic E-state index is 0.0157. The topological polar surface area (TPSA) is 108 Å². The molecule has 0 saturated carbocycles. The molecule has 10 heteroatoms. The average Bonchev–Trinajstić information content (AvgIpc) is 3.36. The van der Waals surface area contributed by atoms with E-state index in [4.69, 9.17) is 0 Å². The number of para-hydroxylation sites is 1. The standard InChI is InChI=1S/C31H29BrN5O4/c32-24-4-1-3-21-23-16-34(10-9-25(23)33-29(21)24)31(39)22-13-17-12-20(37(40)41)7-8-27(17)36-14-18-11-19(30(22)36)15-35-26(18)5-2-6-28(35)38/h1-8,12,18-19,22,30,33,40H,9-11,13-16H2/q-1. The van der Waals surface area contributed by atoms with Crippen LogP contribution in [0.5, 0.6) is 0 Å². The van der Waals surface area contributed by atoms with E-state index in [-0.39, 0.29) is 46.2 Å². The van der Waals surface area contributed by atoms with E-state index in [1.807, 2.05) is 39.8 Å². The highest BCUT2D eigenvalue weighted by Gasteiger charge is 2.50. The van der Waals surface area contributed by atoms with E-state index in [1.54, 1.807) is 18.2 Å². The zero-order chi connectivity index (χ0) is 28.0. The van der Waals surface area contributed by atoms with E-state index in [0.29, 0.717) is 32.6 Å². The number of hydrogen-bond acceptors (Lipinski definition) is 6. The van der Waals surface area contributed by atoms with Crippen molar-refractivity contribution in [1.82, 2.24) is 14.5 Å². The zero-order valence-electron chi connectivity index (χ0n) is 22.3. The molecule has 41 heavy (non-hydrogen) atoms. The lowest BCUT2D eigenvalue weighted by molar-refractivity contribution is -0.138. The Hall–Kier alpha value is -3.60. The number of pyridine rings is 1.